The second-order valence-electron chi connectivity index (χ2n) is 7.99. The highest BCUT2D eigenvalue weighted by molar-refractivity contribution is 5.66. The van der Waals surface area contributed by atoms with Crippen LogP contribution in [0.4, 0.5) is 0 Å². The molecule has 0 aromatic heterocycles. The molecule has 30 heavy (non-hydrogen) atoms. The Hall–Kier alpha value is -2.33. The molecule has 0 spiro atoms. The van der Waals surface area contributed by atoms with E-state index in [1.807, 2.05) is 19.1 Å². The highest BCUT2D eigenvalue weighted by Crippen LogP contribution is 2.35. The van der Waals surface area contributed by atoms with Gasteiger partial charge >= 0.3 is 5.97 Å². The van der Waals surface area contributed by atoms with E-state index < -0.39 is 0 Å². The lowest BCUT2D eigenvalue weighted by atomic mass is 9.90. The second-order valence-corrected chi connectivity index (χ2v) is 7.99. The van der Waals surface area contributed by atoms with Gasteiger partial charge in [0.25, 0.3) is 0 Å². The Bertz CT molecular complexity index is 827. The van der Waals surface area contributed by atoms with Crippen molar-refractivity contribution in [1.29, 1.82) is 0 Å². The molecule has 0 radical (unpaired) electrons. The lowest BCUT2D eigenvalue weighted by molar-refractivity contribution is -0.160. The molecule has 4 heteroatoms. The number of esters is 1. The van der Waals surface area contributed by atoms with Crippen molar-refractivity contribution < 1.29 is 19.0 Å². The molecule has 3 atom stereocenters. The van der Waals surface area contributed by atoms with Gasteiger partial charge < -0.3 is 14.2 Å². The molecular weight excluding hydrogens is 376 g/mol. The van der Waals surface area contributed by atoms with E-state index in [4.69, 9.17) is 14.2 Å². The number of hydrogen-bond donors (Lipinski definition) is 0. The Labute approximate surface area is 180 Å². The van der Waals surface area contributed by atoms with Crippen molar-refractivity contribution in [2.45, 2.75) is 78.1 Å². The minimum absolute atomic E-state index is 0.0435. The molecule has 1 fully saturated rings. The monoisotopic (exact) mass is 410 g/mol. The van der Waals surface area contributed by atoms with Crippen molar-refractivity contribution in [3.8, 4) is 5.75 Å². The van der Waals surface area contributed by atoms with Crippen molar-refractivity contribution in [2.24, 2.45) is 0 Å². The van der Waals surface area contributed by atoms with E-state index in [2.05, 4.69) is 44.2 Å². The summed E-state index contributed by atoms with van der Waals surface area (Å²) >= 11 is 0. The average molecular weight is 411 g/mol. The molecule has 4 nitrogen and oxygen atoms in total. The molecule has 1 heterocycles. The summed E-state index contributed by atoms with van der Waals surface area (Å²) in [6.07, 6.45) is 4.27. The summed E-state index contributed by atoms with van der Waals surface area (Å²) in [5.74, 6) is 0.691. The van der Waals surface area contributed by atoms with Crippen LogP contribution in [0.25, 0.3) is 0 Å². The Morgan fingerprint density at radius 1 is 1.03 bits per heavy atom. The summed E-state index contributed by atoms with van der Waals surface area (Å²) < 4.78 is 17.5. The second kappa shape index (κ2) is 10.6. The molecule has 2 aromatic rings. The Morgan fingerprint density at radius 3 is 2.43 bits per heavy atom. The average Bonchev–Trinajstić information content (AvgIpc) is 2.74. The first-order chi connectivity index (χ1) is 14.5. The van der Waals surface area contributed by atoms with E-state index >= 15 is 0 Å². The van der Waals surface area contributed by atoms with Crippen LogP contribution in [-0.4, -0.2) is 24.8 Å². The van der Waals surface area contributed by atoms with E-state index in [9.17, 15) is 4.79 Å². The van der Waals surface area contributed by atoms with Gasteiger partial charge in [0.2, 0.25) is 0 Å². The van der Waals surface area contributed by atoms with Crippen LogP contribution in [0, 0.1) is 0 Å². The molecule has 0 bridgehead atoms. The summed E-state index contributed by atoms with van der Waals surface area (Å²) in [4.78, 5) is 11.5. The van der Waals surface area contributed by atoms with Gasteiger partial charge in [-0.15, -0.1) is 0 Å². The third-order valence-corrected chi connectivity index (χ3v) is 5.76. The largest absolute Gasteiger partial charge is 0.494 e. The van der Waals surface area contributed by atoms with Gasteiger partial charge in [-0.1, -0.05) is 44.2 Å². The van der Waals surface area contributed by atoms with Gasteiger partial charge in [0.15, 0.2) is 0 Å². The molecule has 0 saturated carbocycles. The summed E-state index contributed by atoms with van der Waals surface area (Å²) in [5, 5.41) is 0. The fourth-order valence-electron chi connectivity index (χ4n) is 4.23. The van der Waals surface area contributed by atoms with E-state index in [1.54, 1.807) is 0 Å². The molecule has 0 amide bonds. The van der Waals surface area contributed by atoms with Crippen molar-refractivity contribution >= 4 is 5.97 Å². The zero-order valence-electron chi connectivity index (χ0n) is 18.6. The normalized spacial score (nSPS) is 21.3. The maximum Gasteiger partial charge on any atom is 0.302 e. The highest BCUT2D eigenvalue weighted by atomic mass is 16.6. The quantitative estimate of drug-likeness (QED) is 0.516. The Morgan fingerprint density at radius 2 is 1.80 bits per heavy atom. The molecule has 2 aromatic carbocycles. The fraction of sp³-hybridized carbons (Fsp3) is 0.500. The Balaban J connectivity index is 1.81. The zero-order chi connectivity index (χ0) is 21.5. The number of carbonyl (C=O) groups is 1. The number of rotatable bonds is 8. The van der Waals surface area contributed by atoms with Crippen LogP contribution >= 0.6 is 0 Å². The predicted molar refractivity (Wildman–Crippen MR) is 119 cm³/mol. The lowest BCUT2D eigenvalue weighted by Crippen LogP contribution is -2.33. The number of carbonyl (C=O) groups excluding carboxylic acids is 1. The summed E-state index contributed by atoms with van der Waals surface area (Å²) in [6, 6.07) is 15.0. The molecule has 0 N–H and O–H groups in total. The molecule has 0 aliphatic carbocycles. The van der Waals surface area contributed by atoms with Gasteiger partial charge in [-0.3, -0.25) is 4.79 Å². The number of ether oxygens (including phenoxy) is 3. The molecule has 1 aliphatic heterocycles. The third-order valence-electron chi connectivity index (χ3n) is 5.76. The molecule has 3 rings (SSSR count). The highest BCUT2D eigenvalue weighted by Gasteiger charge is 2.31. The van der Waals surface area contributed by atoms with E-state index in [0.29, 0.717) is 13.0 Å². The topological polar surface area (TPSA) is 44.8 Å². The maximum absolute atomic E-state index is 11.5. The fourth-order valence-corrected chi connectivity index (χ4v) is 4.23. The van der Waals surface area contributed by atoms with Crippen LogP contribution in [0.15, 0.2) is 42.5 Å². The van der Waals surface area contributed by atoms with Gasteiger partial charge in [0.1, 0.15) is 11.9 Å². The first-order valence-electron chi connectivity index (χ1n) is 11.2. The van der Waals surface area contributed by atoms with Gasteiger partial charge in [-0.25, -0.2) is 0 Å². The first-order valence-corrected chi connectivity index (χ1v) is 11.2. The van der Waals surface area contributed by atoms with Crippen LogP contribution in [-0.2, 0) is 27.1 Å². The smallest absolute Gasteiger partial charge is 0.302 e. The minimum Gasteiger partial charge on any atom is -0.494 e. The van der Waals surface area contributed by atoms with Gasteiger partial charge in [0.05, 0.1) is 18.8 Å². The molecule has 1 saturated heterocycles. The Kier molecular flexibility index (Phi) is 7.92. The summed E-state index contributed by atoms with van der Waals surface area (Å²) in [6.45, 7) is 8.47. The molecular formula is C26H34O4. The third kappa shape index (κ3) is 5.85. The van der Waals surface area contributed by atoms with Crippen LogP contribution in [0.2, 0.25) is 0 Å². The van der Waals surface area contributed by atoms with E-state index in [-0.39, 0.29) is 24.3 Å². The zero-order valence-corrected chi connectivity index (χ0v) is 18.6. The standard InChI is InChI=1S/C26H34O4/c1-5-20-10-11-21(26-17-25(29-18(4)27)16-23(6-2)30-26)15-22(20)14-19-8-12-24(13-9-19)28-7-3/h8-13,15,23,25-26H,5-7,14,16-17H2,1-4H3. The summed E-state index contributed by atoms with van der Waals surface area (Å²) in [5.41, 5.74) is 5.11. The molecule has 1 aliphatic rings. The van der Waals surface area contributed by atoms with Crippen LogP contribution < -0.4 is 4.74 Å². The van der Waals surface area contributed by atoms with E-state index in [0.717, 1.165) is 31.4 Å². The molecule has 162 valence electrons. The lowest BCUT2D eigenvalue weighted by Gasteiger charge is -2.35. The SMILES string of the molecule is CCOc1ccc(Cc2cc(C3CC(OC(C)=O)CC(CC)O3)ccc2CC)cc1. The van der Waals surface area contributed by atoms with Crippen LogP contribution in [0.3, 0.4) is 0 Å². The first kappa shape index (κ1) is 22.4. The maximum atomic E-state index is 11.5. The van der Waals surface area contributed by atoms with Gasteiger partial charge in [0, 0.05) is 19.8 Å². The van der Waals surface area contributed by atoms with E-state index in [1.165, 1.54) is 29.2 Å². The number of benzene rings is 2. The predicted octanol–water partition coefficient (Wildman–Crippen LogP) is 5.80. The minimum atomic E-state index is -0.215. The number of hydrogen-bond acceptors (Lipinski definition) is 4. The molecule has 3 unspecified atom stereocenters. The number of aryl methyl sites for hydroxylation is 1. The van der Waals surface area contributed by atoms with Gasteiger partial charge in [-0.2, -0.15) is 0 Å². The van der Waals surface area contributed by atoms with Crippen molar-refractivity contribution in [2.75, 3.05) is 6.61 Å². The van der Waals surface area contributed by atoms with Crippen molar-refractivity contribution in [1.82, 2.24) is 0 Å². The van der Waals surface area contributed by atoms with Crippen LogP contribution in [0.1, 0.15) is 75.3 Å². The van der Waals surface area contributed by atoms with Crippen LogP contribution in [0.5, 0.6) is 5.75 Å². The van der Waals surface area contributed by atoms with Crippen molar-refractivity contribution in [3.63, 3.8) is 0 Å². The van der Waals surface area contributed by atoms with Gasteiger partial charge in [-0.05, 0) is 60.6 Å². The van der Waals surface area contributed by atoms with Crippen molar-refractivity contribution in [3.05, 3.63) is 64.7 Å². The summed E-state index contributed by atoms with van der Waals surface area (Å²) in [7, 11) is 0.